The second-order valence-corrected chi connectivity index (χ2v) is 2.74. The zero-order valence-electron chi connectivity index (χ0n) is 3.29. The van der Waals surface area contributed by atoms with Gasteiger partial charge in [-0.2, -0.15) is 0 Å². The van der Waals surface area contributed by atoms with Crippen molar-refractivity contribution < 1.29 is 5.10 Å². The fourth-order valence-corrected chi connectivity index (χ4v) is 1.56. The number of nitrogens with zero attached hydrogens (tertiary/aromatic N) is 1. The number of aromatic amines is 1. The van der Waals surface area contributed by atoms with Crippen LogP contribution in [0.4, 0.5) is 0 Å². The Kier molecular flexibility index (Phi) is 1.79. The molecule has 1 heterocycles. The predicted octanol–water partition coefficient (Wildman–Crippen LogP) is -0.00940. The molecule has 7 heavy (non-hydrogen) atoms. The van der Waals surface area contributed by atoms with E-state index in [0.717, 1.165) is 12.8 Å². The van der Waals surface area contributed by atoms with Crippen LogP contribution in [-0.2, 0) is 11.8 Å². The first kappa shape index (κ1) is 5.22. The van der Waals surface area contributed by atoms with E-state index in [2.05, 4.69) is 21.4 Å². The molecular weight excluding hydrogens is 147 g/mol. The molecule has 0 unspecified atom stereocenters. The average Bonchev–Trinajstić information content (AvgIpc) is 2.14. The van der Waals surface area contributed by atoms with E-state index in [-0.39, 0.29) is 0 Å². The lowest BCUT2D eigenvalue weighted by atomic mass is 11.0. The Morgan fingerprint density at radius 2 is 2.86 bits per heavy atom. The van der Waals surface area contributed by atoms with Gasteiger partial charge < -0.3 is 0 Å². The first-order valence-corrected chi connectivity index (χ1v) is 4.33. The van der Waals surface area contributed by atoms with E-state index in [1.165, 1.54) is 11.5 Å². The first-order chi connectivity index (χ1) is 3.43. The van der Waals surface area contributed by atoms with Crippen LogP contribution in [0.2, 0.25) is 0 Å². The van der Waals surface area contributed by atoms with E-state index in [0.29, 0.717) is 0 Å². The fourth-order valence-electron chi connectivity index (χ4n) is 0.218. The molecule has 0 amide bonds. The van der Waals surface area contributed by atoms with Crippen molar-refractivity contribution in [2.24, 2.45) is 0 Å². The third-order valence-corrected chi connectivity index (χ3v) is 2.20. The molecule has 0 saturated heterocycles. The van der Waals surface area contributed by atoms with Crippen LogP contribution in [-0.4, -0.2) is 4.49 Å². The van der Waals surface area contributed by atoms with Gasteiger partial charge in [0.1, 0.15) is 0 Å². The zero-order chi connectivity index (χ0) is 5.11. The van der Waals surface area contributed by atoms with Gasteiger partial charge >= 0.3 is 0 Å². The van der Waals surface area contributed by atoms with Gasteiger partial charge in [0.15, 0.2) is 0 Å². The maximum atomic E-state index is 4.68. The van der Waals surface area contributed by atoms with Crippen LogP contribution < -0.4 is 10.5 Å². The Labute approximate surface area is 51.6 Å². The molecule has 0 radical (unpaired) electrons. The number of rotatable bonds is 1. The molecule has 36 valence electrons. The molecule has 5 heteroatoms. The summed E-state index contributed by atoms with van der Waals surface area (Å²) in [5.41, 5.74) is 1.00. The van der Waals surface area contributed by atoms with Crippen molar-refractivity contribution >= 4 is 36.1 Å². The van der Waals surface area contributed by atoms with E-state index in [1.807, 2.05) is 5.38 Å². The summed E-state index contributed by atoms with van der Waals surface area (Å²) < 4.78 is 3.74. The summed E-state index contributed by atoms with van der Waals surface area (Å²) in [6.07, 6.45) is 0. The molecule has 1 aromatic heterocycles. The normalized spacial score (nSPS) is 9.71. The third kappa shape index (κ3) is 1.23. The summed E-state index contributed by atoms with van der Waals surface area (Å²) in [7, 11) is 0.841. The van der Waals surface area contributed by atoms with Gasteiger partial charge in [-0.15, -0.1) is 0 Å². The highest BCUT2D eigenvalue weighted by Crippen LogP contribution is 1.88. The lowest BCUT2D eigenvalue weighted by Crippen LogP contribution is -2.17. The molecule has 0 fully saturated rings. The van der Waals surface area contributed by atoms with Crippen LogP contribution in [0.3, 0.4) is 0 Å². The number of hydrogen-bond donors (Lipinski definition) is 0. The van der Waals surface area contributed by atoms with Crippen molar-refractivity contribution in [1.82, 2.24) is 4.49 Å². The lowest BCUT2D eigenvalue weighted by molar-refractivity contribution is -0.422. The van der Waals surface area contributed by atoms with Gasteiger partial charge in [-0.1, -0.05) is 5.10 Å². The molecule has 0 spiro atoms. The van der Waals surface area contributed by atoms with Gasteiger partial charge in [0, 0.05) is 11.5 Å². The summed E-state index contributed by atoms with van der Waals surface area (Å²) in [6.45, 7) is 0. The maximum Gasteiger partial charge on any atom is 0.277 e. The van der Waals surface area contributed by atoms with Crippen LogP contribution in [0.1, 0.15) is 0 Å². The Morgan fingerprint density at radius 3 is 3.14 bits per heavy atom. The quantitative estimate of drug-likeness (QED) is 0.525. The van der Waals surface area contributed by atoms with Gasteiger partial charge in [0.2, 0.25) is 0 Å². The average molecular weight is 149 g/mol. The molecule has 0 aromatic carbocycles. The van der Waals surface area contributed by atoms with Gasteiger partial charge in [-0.25, -0.2) is 0 Å². The number of H-pyrrole nitrogens is 1. The van der Waals surface area contributed by atoms with Crippen molar-refractivity contribution in [3.8, 4) is 0 Å². The van der Waals surface area contributed by atoms with Crippen LogP contribution in [0, 0.1) is 0 Å². The number of aromatic nitrogens is 2. The fraction of sp³-hybridized carbons (Fsp3) is 0. The van der Waals surface area contributed by atoms with Crippen LogP contribution in [0.15, 0.2) is 5.38 Å². The lowest BCUT2D eigenvalue weighted by Gasteiger charge is -1.54. The minimum absolute atomic E-state index is 0.841. The molecule has 1 rings (SSSR count). The molecular formula is C2H2N2PS2+. The first-order valence-electron chi connectivity index (χ1n) is 1.59. The van der Waals surface area contributed by atoms with Crippen LogP contribution in [0.25, 0.3) is 0 Å². The number of nitrogens with one attached hydrogen (secondary N) is 1. The molecule has 0 aliphatic carbocycles. The van der Waals surface area contributed by atoms with E-state index in [9.17, 15) is 0 Å². The molecule has 0 atom stereocenters. The van der Waals surface area contributed by atoms with Crippen molar-refractivity contribution in [2.75, 3.05) is 0 Å². The SMILES string of the molecule is S=Pc1csn[nH+]1. The third-order valence-electron chi connectivity index (χ3n) is 0.476. The van der Waals surface area contributed by atoms with E-state index in [1.54, 1.807) is 0 Å². The Morgan fingerprint density at radius 1 is 2.00 bits per heavy atom. The monoisotopic (exact) mass is 149 g/mol. The zero-order valence-corrected chi connectivity index (χ0v) is 5.82. The van der Waals surface area contributed by atoms with Crippen LogP contribution >= 0.6 is 18.9 Å². The maximum absolute atomic E-state index is 4.68. The van der Waals surface area contributed by atoms with Gasteiger partial charge in [-0.05, 0) is 11.8 Å². The van der Waals surface area contributed by atoms with E-state index >= 15 is 0 Å². The predicted molar refractivity (Wildman–Crippen MR) is 32.6 cm³/mol. The molecule has 0 aliphatic rings. The largest absolute Gasteiger partial charge is 0.277 e. The van der Waals surface area contributed by atoms with Gasteiger partial charge in [0.25, 0.3) is 5.44 Å². The number of hydrogen-bond acceptors (Lipinski definition) is 3. The topological polar surface area (TPSA) is 27.0 Å². The second kappa shape index (κ2) is 2.40. The Hall–Kier alpha value is 0.0800. The molecule has 2 nitrogen and oxygen atoms in total. The van der Waals surface area contributed by atoms with Crippen molar-refractivity contribution in [3.63, 3.8) is 0 Å². The van der Waals surface area contributed by atoms with Crippen molar-refractivity contribution in [1.29, 1.82) is 0 Å². The van der Waals surface area contributed by atoms with Gasteiger partial charge in [0.05, 0.1) is 17.2 Å². The highest BCUT2D eigenvalue weighted by atomic mass is 32.4. The minimum atomic E-state index is 0.841. The van der Waals surface area contributed by atoms with Crippen molar-refractivity contribution in [2.45, 2.75) is 0 Å². The summed E-state index contributed by atoms with van der Waals surface area (Å²) in [5, 5.41) is 4.64. The Balaban J connectivity index is 2.96. The Bertz CT molecular complexity index is 149. The smallest absolute Gasteiger partial charge is 0.0823 e. The molecule has 0 saturated carbocycles. The second-order valence-electron chi connectivity index (χ2n) is 0.903. The molecule has 0 aliphatic heterocycles. The molecule has 1 N–H and O–H groups in total. The summed E-state index contributed by atoms with van der Waals surface area (Å²) in [4.78, 5) is 0. The van der Waals surface area contributed by atoms with E-state index < -0.39 is 0 Å². The van der Waals surface area contributed by atoms with Crippen molar-refractivity contribution in [3.05, 3.63) is 5.38 Å². The summed E-state index contributed by atoms with van der Waals surface area (Å²) in [6, 6.07) is 0. The van der Waals surface area contributed by atoms with Gasteiger partial charge in [-0.3, -0.25) is 0 Å². The van der Waals surface area contributed by atoms with Crippen LogP contribution in [0.5, 0.6) is 0 Å². The highest BCUT2D eigenvalue weighted by Gasteiger charge is 1.94. The van der Waals surface area contributed by atoms with E-state index in [4.69, 9.17) is 0 Å². The summed E-state index contributed by atoms with van der Waals surface area (Å²) in [5.74, 6) is 0. The minimum Gasteiger partial charge on any atom is -0.0823 e. The summed E-state index contributed by atoms with van der Waals surface area (Å²) >= 11 is 6.06. The highest BCUT2D eigenvalue weighted by molar-refractivity contribution is 7.99. The standard InChI is InChI=1S/C2HN2PS2/c6-5-2-1-7-4-3-2/h1H/p+1. The molecule has 0 bridgehead atoms. The molecule has 1 aromatic rings.